The van der Waals surface area contributed by atoms with Crippen molar-refractivity contribution >= 4 is 65.5 Å². The van der Waals surface area contributed by atoms with Gasteiger partial charge in [0.15, 0.2) is 0 Å². The lowest BCUT2D eigenvalue weighted by Gasteiger charge is -2.10. The Balaban J connectivity index is 1.31. The maximum absolute atomic E-state index is 4.83. The normalized spacial score (nSPS) is 12.0. The van der Waals surface area contributed by atoms with Crippen molar-refractivity contribution in [1.82, 2.24) is 18.7 Å². The highest BCUT2D eigenvalue weighted by molar-refractivity contribution is 6.19. The number of hydrogen-bond donors (Lipinski definition) is 0. The molecular formula is C41H26N4. The van der Waals surface area contributed by atoms with Crippen LogP contribution in [0, 0.1) is 0 Å². The molecule has 0 aliphatic heterocycles. The molecule has 45 heavy (non-hydrogen) atoms. The van der Waals surface area contributed by atoms with Gasteiger partial charge < -0.3 is 9.13 Å². The van der Waals surface area contributed by atoms with Crippen molar-refractivity contribution < 1.29 is 0 Å². The van der Waals surface area contributed by atoms with Crippen molar-refractivity contribution in [2.75, 3.05) is 0 Å². The highest BCUT2D eigenvalue weighted by Gasteiger charge is 2.20. The van der Waals surface area contributed by atoms with E-state index in [1.807, 2.05) is 12.3 Å². The Morgan fingerprint density at radius 1 is 0.311 bits per heavy atom. The second-order valence-electron chi connectivity index (χ2n) is 11.7. The fourth-order valence-electron chi connectivity index (χ4n) is 7.38. The van der Waals surface area contributed by atoms with Crippen molar-refractivity contribution in [2.24, 2.45) is 0 Å². The van der Waals surface area contributed by atoms with Crippen LogP contribution in [0.1, 0.15) is 0 Å². The summed E-state index contributed by atoms with van der Waals surface area (Å²) in [6, 6.07) is 54.5. The zero-order valence-corrected chi connectivity index (χ0v) is 24.3. The van der Waals surface area contributed by atoms with Crippen LogP contribution in [0.3, 0.4) is 0 Å². The molecule has 4 nitrogen and oxygen atoms in total. The lowest BCUT2D eigenvalue weighted by atomic mass is 10.1. The average Bonchev–Trinajstić information content (AvgIpc) is 3.73. The van der Waals surface area contributed by atoms with Gasteiger partial charge in [-0.25, -0.2) is 4.98 Å². The minimum atomic E-state index is 0.966. The molecule has 0 atom stereocenters. The summed E-state index contributed by atoms with van der Waals surface area (Å²) in [4.78, 5) is 4.83. The van der Waals surface area contributed by atoms with E-state index in [1.165, 1.54) is 54.7 Å². The molecule has 0 amide bonds. The Morgan fingerprint density at radius 2 is 0.800 bits per heavy atom. The lowest BCUT2D eigenvalue weighted by Crippen LogP contribution is -1.96. The van der Waals surface area contributed by atoms with Crippen LogP contribution < -0.4 is 0 Å². The van der Waals surface area contributed by atoms with Crippen LogP contribution in [0.25, 0.3) is 82.6 Å². The predicted molar refractivity (Wildman–Crippen MR) is 187 cm³/mol. The Bertz CT molecular complexity index is 2750. The van der Waals surface area contributed by atoms with Gasteiger partial charge >= 0.3 is 0 Å². The maximum Gasteiger partial charge on any atom is 0.145 e. The fraction of sp³-hybridized carbons (Fsp3) is 0. The van der Waals surface area contributed by atoms with Gasteiger partial charge in [0, 0.05) is 55.6 Å². The molecule has 0 saturated heterocycles. The van der Waals surface area contributed by atoms with E-state index in [0.29, 0.717) is 0 Å². The molecule has 0 radical (unpaired) electrons. The first-order valence-corrected chi connectivity index (χ1v) is 15.3. The average molecular weight is 575 g/mol. The van der Waals surface area contributed by atoms with E-state index in [-0.39, 0.29) is 0 Å². The van der Waals surface area contributed by atoms with Crippen molar-refractivity contribution in [3.63, 3.8) is 0 Å². The number of benzene rings is 6. The summed E-state index contributed by atoms with van der Waals surface area (Å²) in [6.07, 6.45) is 1.88. The minimum absolute atomic E-state index is 0.966. The van der Waals surface area contributed by atoms with E-state index in [1.54, 1.807) is 0 Å². The number of pyridine rings is 1. The Kier molecular flexibility index (Phi) is 4.96. The number of nitrogens with zero attached hydrogens (tertiary/aromatic N) is 4. The molecule has 0 aliphatic carbocycles. The maximum atomic E-state index is 4.83. The van der Waals surface area contributed by atoms with Gasteiger partial charge in [0.25, 0.3) is 0 Å². The third-order valence-electron chi connectivity index (χ3n) is 9.26. The second-order valence-corrected chi connectivity index (χ2v) is 11.7. The fourth-order valence-corrected chi connectivity index (χ4v) is 7.38. The molecule has 210 valence electrons. The number of rotatable bonds is 3. The molecule has 0 saturated carbocycles. The summed E-state index contributed by atoms with van der Waals surface area (Å²) in [5.41, 5.74) is 10.3. The Labute approximate surface area is 258 Å². The number of fused-ring (bicyclic) bond motifs is 9. The summed E-state index contributed by atoms with van der Waals surface area (Å²) in [6.45, 7) is 0. The summed E-state index contributed by atoms with van der Waals surface area (Å²) in [5.74, 6) is 0. The van der Waals surface area contributed by atoms with Crippen LogP contribution in [-0.4, -0.2) is 18.7 Å². The van der Waals surface area contributed by atoms with Crippen LogP contribution in [0.4, 0.5) is 0 Å². The van der Waals surface area contributed by atoms with Crippen LogP contribution in [0.15, 0.2) is 158 Å². The summed E-state index contributed by atoms with van der Waals surface area (Å²) in [5, 5.41) is 7.32. The first-order valence-electron chi connectivity index (χ1n) is 15.3. The molecule has 6 aromatic carbocycles. The standard InChI is InChI=1S/C41H26N4/c1-3-12-27(13-4-1)43-36-19-9-7-16-30(36)34-26-40-35(25-39(34)43)31-17-8-10-20-37(31)44(40)29-21-22-38-33(24-29)32-18-11-23-42-41(32)45(38)28-14-5-2-6-15-28/h1-26H. The van der Waals surface area contributed by atoms with Crippen molar-refractivity contribution in [2.45, 2.75) is 0 Å². The molecule has 0 N–H and O–H groups in total. The molecule has 0 bridgehead atoms. The van der Waals surface area contributed by atoms with E-state index in [4.69, 9.17) is 4.98 Å². The van der Waals surface area contributed by atoms with Gasteiger partial charge in [-0.2, -0.15) is 0 Å². The monoisotopic (exact) mass is 574 g/mol. The van der Waals surface area contributed by atoms with Gasteiger partial charge in [-0.15, -0.1) is 0 Å². The second kappa shape index (κ2) is 9.18. The molecule has 4 aromatic heterocycles. The predicted octanol–water partition coefficient (Wildman–Crippen LogP) is 10.4. The van der Waals surface area contributed by atoms with Crippen LogP contribution >= 0.6 is 0 Å². The van der Waals surface area contributed by atoms with E-state index in [9.17, 15) is 0 Å². The molecule has 4 heteroatoms. The van der Waals surface area contributed by atoms with Crippen LogP contribution in [0.2, 0.25) is 0 Å². The lowest BCUT2D eigenvalue weighted by molar-refractivity contribution is 1.13. The van der Waals surface area contributed by atoms with E-state index < -0.39 is 0 Å². The molecule has 4 heterocycles. The zero-order chi connectivity index (χ0) is 29.5. The first kappa shape index (κ1) is 24.3. The zero-order valence-electron chi connectivity index (χ0n) is 24.3. The van der Waals surface area contributed by atoms with Crippen molar-refractivity contribution in [3.8, 4) is 17.1 Å². The van der Waals surface area contributed by atoms with Gasteiger partial charge in [0.1, 0.15) is 5.65 Å². The van der Waals surface area contributed by atoms with Crippen LogP contribution in [0.5, 0.6) is 0 Å². The van der Waals surface area contributed by atoms with Gasteiger partial charge in [-0.1, -0.05) is 72.8 Å². The summed E-state index contributed by atoms with van der Waals surface area (Å²) >= 11 is 0. The van der Waals surface area contributed by atoms with Gasteiger partial charge in [0.05, 0.1) is 27.6 Å². The number of aromatic nitrogens is 4. The molecule has 0 aliphatic rings. The van der Waals surface area contributed by atoms with Gasteiger partial charge in [-0.3, -0.25) is 4.57 Å². The third kappa shape index (κ3) is 3.39. The Morgan fingerprint density at radius 3 is 1.44 bits per heavy atom. The molecule has 0 fully saturated rings. The molecule has 0 spiro atoms. The smallest absolute Gasteiger partial charge is 0.145 e. The molecular weight excluding hydrogens is 548 g/mol. The summed E-state index contributed by atoms with van der Waals surface area (Å²) < 4.78 is 7.09. The van der Waals surface area contributed by atoms with E-state index in [0.717, 1.165) is 27.9 Å². The highest BCUT2D eigenvalue weighted by Crippen LogP contribution is 2.40. The van der Waals surface area contributed by atoms with Crippen LogP contribution in [-0.2, 0) is 0 Å². The topological polar surface area (TPSA) is 27.7 Å². The molecule has 10 rings (SSSR count). The van der Waals surface area contributed by atoms with Crippen molar-refractivity contribution in [1.29, 1.82) is 0 Å². The van der Waals surface area contributed by atoms with Gasteiger partial charge in [0.2, 0.25) is 0 Å². The van der Waals surface area contributed by atoms with Crippen molar-refractivity contribution in [3.05, 3.63) is 158 Å². The third-order valence-corrected chi connectivity index (χ3v) is 9.26. The minimum Gasteiger partial charge on any atom is -0.309 e. The quantitative estimate of drug-likeness (QED) is 0.206. The largest absolute Gasteiger partial charge is 0.309 e. The highest BCUT2D eigenvalue weighted by atomic mass is 15.0. The molecule has 10 aromatic rings. The van der Waals surface area contributed by atoms with E-state index in [2.05, 4.69) is 159 Å². The number of para-hydroxylation sites is 4. The molecule has 0 unspecified atom stereocenters. The number of hydrogen-bond acceptors (Lipinski definition) is 1. The summed E-state index contributed by atoms with van der Waals surface area (Å²) in [7, 11) is 0. The first-order chi connectivity index (χ1) is 22.3. The van der Waals surface area contributed by atoms with E-state index >= 15 is 0 Å². The van der Waals surface area contributed by atoms with Gasteiger partial charge in [-0.05, 0) is 78.9 Å². The Hall–Kier alpha value is -6.13. The SMILES string of the molecule is c1ccc(-n2c3ccccc3c3cc4c(cc32)c2ccccc2n4-c2ccc3c(c2)c2cccnc2n3-c2ccccc2)cc1.